The van der Waals surface area contributed by atoms with E-state index in [1.807, 2.05) is 36.4 Å². The predicted octanol–water partition coefficient (Wildman–Crippen LogP) is 4.51. The maximum Gasteiger partial charge on any atom is 0.258 e. The van der Waals surface area contributed by atoms with E-state index in [2.05, 4.69) is 45.1 Å². The third-order valence-electron chi connectivity index (χ3n) is 4.25. The highest BCUT2D eigenvalue weighted by Crippen LogP contribution is 2.24. The van der Waals surface area contributed by atoms with Crippen molar-refractivity contribution < 1.29 is 14.3 Å². The number of benzene rings is 2. The Morgan fingerprint density at radius 3 is 2.11 bits per heavy atom. The minimum absolute atomic E-state index is 0.000575. The van der Waals surface area contributed by atoms with Gasteiger partial charge in [-0.05, 0) is 47.2 Å². The maximum absolute atomic E-state index is 11.9. The van der Waals surface area contributed by atoms with Crippen LogP contribution in [0.5, 0.6) is 11.5 Å². The highest BCUT2D eigenvalue weighted by molar-refractivity contribution is 5.77. The molecule has 0 fully saturated rings. The van der Waals surface area contributed by atoms with Crippen molar-refractivity contribution in [1.82, 2.24) is 5.32 Å². The van der Waals surface area contributed by atoms with E-state index in [9.17, 15) is 4.79 Å². The number of hydrogen-bond acceptors (Lipinski definition) is 3. The number of amides is 1. The van der Waals surface area contributed by atoms with Gasteiger partial charge in [0, 0.05) is 0 Å². The molecule has 0 aliphatic heterocycles. The first kappa shape index (κ1) is 20.8. The minimum Gasteiger partial charge on any atom is -0.492 e. The maximum atomic E-state index is 11.9. The Bertz CT molecular complexity index is 700. The molecule has 0 saturated heterocycles. The van der Waals surface area contributed by atoms with Crippen molar-refractivity contribution >= 4 is 5.91 Å². The third kappa shape index (κ3) is 7.33. The summed E-state index contributed by atoms with van der Waals surface area (Å²) in [5.74, 6) is 1.36. The van der Waals surface area contributed by atoms with Gasteiger partial charge in [0.1, 0.15) is 18.1 Å². The summed E-state index contributed by atoms with van der Waals surface area (Å²) in [6.07, 6.45) is 2.21. The molecule has 0 aromatic heterocycles. The monoisotopic (exact) mass is 369 g/mol. The summed E-state index contributed by atoms with van der Waals surface area (Å²) in [6, 6.07) is 16.0. The summed E-state index contributed by atoms with van der Waals surface area (Å²) in [4.78, 5) is 11.9. The lowest BCUT2D eigenvalue weighted by Gasteiger charge is -2.19. The number of carbonyl (C=O) groups is 1. The zero-order valence-electron chi connectivity index (χ0n) is 16.9. The first-order valence-electron chi connectivity index (χ1n) is 9.60. The molecular formula is C23H31NO3. The summed E-state index contributed by atoms with van der Waals surface area (Å²) in [5, 5.41) is 2.80. The Morgan fingerprint density at radius 1 is 0.926 bits per heavy atom. The molecule has 2 aromatic carbocycles. The average Bonchev–Trinajstić information content (AvgIpc) is 2.65. The van der Waals surface area contributed by atoms with Gasteiger partial charge in [-0.2, -0.15) is 0 Å². The van der Waals surface area contributed by atoms with Crippen LogP contribution in [-0.2, 0) is 16.6 Å². The van der Waals surface area contributed by atoms with Gasteiger partial charge in [-0.1, -0.05) is 58.4 Å². The molecule has 146 valence electrons. The molecule has 4 heteroatoms. The molecule has 27 heavy (non-hydrogen) atoms. The fourth-order valence-corrected chi connectivity index (χ4v) is 2.65. The lowest BCUT2D eigenvalue weighted by molar-refractivity contribution is -0.123. The van der Waals surface area contributed by atoms with Crippen LogP contribution in [0.15, 0.2) is 48.5 Å². The van der Waals surface area contributed by atoms with Crippen molar-refractivity contribution in [3.8, 4) is 11.5 Å². The van der Waals surface area contributed by atoms with Crippen LogP contribution in [0.3, 0.4) is 0 Å². The molecule has 4 nitrogen and oxygen atoms in total. The molecule has 0 heterocycles. The van der Waals surface area contributed by atoms with Crippen LogP contribution in [0.2, 0.25) is 0 Å². The molecule has 2 aromatic rings. The quantitative estimate of drug-likeness (QED) is 0.662. The van der Waals surface area contributed by atoms with Crippen molar-refractivity contribution in [3.05, 3.63) is 59.7 Å². The lowest BCUT2D eigenvalue weighted by atomic mass is 9.87. The van der Waals surface area contributed by atoms with Gasteiger partial charge in [0.2, 0.25) is 0 Å². The lowest BCUT2D eigenvalue weighted by Crippen LogP contribution is -2.32. The molecule has 2 rings (SSSR count). The second kappa shape index (κ2) is 10.0. The van der Waals surface area contributed by atoms with Gasteiger partial charge in [-0.15, -0.1) is 0 Å². The normalized spacial score (nSPS) is 11.1. The Kier molecular flexibility index (Phi) is 7.71. The van der Waals surface area contributed by atoms with Crippen LogP contribution >= 0.6 is 0 Å². The van der Waals surface area contributed by atoms with Crippen LogP contribution in [-0.4, -0.2) is 25.7 Å². The molecule has 0 saturated carbocycles. The molecule has 0 spiro atoms. The number of ether oxygens (including phenoxy) is 2. The average molecular weight is 370 g/mol. The zero-order chi connectivity index (χ0) is 19.7. The van der Waals surface area contributed by atoms with Gasteiger partial charge in [-0.3, -0.25) is 4.79 Å². The summed E-state index contributed by atoms with van der Waals surface area (Å²) in [7, 11) is 0. The summed E-state index contributed by atoms with van der Waals surface area (Å²) >= 11 is 0. The van der Waals surface area contributed by atoms with Crippen LogP contribution < -0.4 is 14.8 Å². The van der Waals surface area contributed by atoms with Gasteiger partial charge >= 0.3 is 0 Å². The smallest absolute Gasteiger partial charge is 0.258 e. The fraction of sp³-hybridized carbons (Fsp3) is 0.435. The summed E-state index contributed by atoms with van der Waals surface area (Å²) in [5.41, 5.74) is 2.65. The molecule has 0 aliphatic carbocycles. The molecular weight excluding hydrogens is 338 g/mol. The molecule has 0 bridgehead atoms. The SMILES string of the molecule is CCCc1ccc(OCCNC(=O)COc2ccc(C(C)(C)C)cc2)cc1. The largest absolute Gasteiger partial charge is 0.492 e. The number of hydrogen-bond donors (Lipinski definition) is 1. The van der Waals surface area contributed by atoms with E-state index < -0.39 is 0 Å². The standard InChI is InChI=1S/C23H31NO3/c1-5-6-18-7-11-20(12-8-18)26-16-15-24-22(25)17-27-21-13-9-19(10-14-21)23(2,3)4/h7-14H,5-6,15-17H2,1-4H3,(H,24,25). The predicted molar refractivity (Wildman–Crippen MR) is 110 cm³/mol. The molecule has 0 radical (unpaired) electrons. The van der Waals surface area contributed by atoms with Crippen molar-refractivity contribution in [2.45, 2.75) is 46.0 Å². The van der Waals surface area contributed by atoms with Crippen LogP contribution in [0.25, 0.3) is 0 Å². The van der Waals surface area contributed by atoms with Crippen molar-refractivity contribution in [3.63, 3.8) is 0 Å². The van der Waals surface area contributed by atoms with E-state index >= 15 is 0 Å². The van der Waals surface area contributed by atoms with E-state index in [4.69, 9.17) is 9.47 Å². The van der Waals surface area contributed by atoms with Crippen LogP contribution in [0.4, 0.5) is 0 Å². The van der Waals surface area contributed by atoms with Gasteiger partial charge < -0.3 is 14.8 Å². The molecule has 0 aliphatic rings. The van der Waals surface area contributed by atoms with Gasteiger partial charge in [-0.25, -0.2) is 0 Å². The van der Waals surface area contributed by atoms with Crippen LogP contribution in [0.1, 0.15) is 45.2 Å². The van der Waals surface area contributed by atoms with E-state index in [1.165, 1.54) is 11.1 Å². The fourth-order valence-electron chi connectivity index (χ4n) is 2.65. The topological polar surface area (TPSA) is 47.6 Å². The summed E-state index contributed by atoms with van der Waals surface area (Å²) in [6.45, 7) is 9.53. The Morgan fingerprint density at radius 2 is 1.52 bits per heavy atom. The first-order valence-corrected chi connectivity index (χ1v) is 9.60. The molecule has 0 unspecified atom stereocenters. The van der Waals surface area contributed by atoms with E-state index in [0.29, 0.717) is 18.9 Å². The second-order valence-electron chi connectivity index (χ2n) is 7.66. The number of rotatable bonds is 9. The third-order valence-corrected chi connectivity index (χ3v) is 4.25. The second-order valence-corrected chi connectivity index (χ2v) is 7.66. The number of nitrogens with one attached hydrogen (secondary N) is 1. The number of aryl methyl sites for hydroxylation is 1. The van der Waals surface area contributed by atoms with Crippen molar-refractivity contribution in [1.29, 1.82) is 0 Å². The molecule has 1 amide bonds. The van der Waals surface area contributed by atoms with E-state index in [1.54, 1.807) is 0 Å². The zero-order valence-corrected chi connectivity index (χ0v) is 16.9. The Hall–Kier alpha value is -2.49. The van der Waals surface area contributed by atoms with Gasteiger partial charge in [0.15, 0.2) is 6.61 Å². The van der Waals surface area contributed by atoms with Gasteiger partial charge in [0.25, 0.3) is 5.91 Å². The van der Waals surface area contributed by atoms with E-state index in [-0.39, 0.29) is 17.9 Å². The number of carbonyl (C=O) groups excluding carboxylic acids is 1. The van der Waals surface area contributed by atoms with E-state index in [0.717, 1.165) is 18.6 Å². The van der Waals surface area contributed by atoms with Gasteiger partial charge in [0.05, 0.1) is 6.54 Å². The minimum atomic E-state index is -0.156. The highest BCUT2D eigenvalue weighted by Gasteiger charge is 2.13. The highest BCUT2D eigenvalue weighted by atomic mass is 16.5. The van der Waals surface area contributed by atoms with Crippen molar-refractivity contribution in [2.75, 3.05) is 19.8 Å². The molecule has 0 atom stereocenters. The van der Waals surface area contributed by atoms with Crippen LogP contribution in [0, 0.1) is 0 Å². The first-order chi connectivity index (χ1) is 12.9. The Balaban J connectivity index is 1.64. The summed E-state index contributed by atoms with van der Waals surface area (Å²) < 4.78 is 11.2. The van der Waals surface area contributed by atoms with Crippen molar-refractivity contribution in [2.24, 2.45) is 0 Å². The molecule has 1 N–H and O–H groups in total. The Labute approximate surface area is 162 Å².